The maximum atomic E-state index is 13.9. The van der Waals surface area contributed by atoms with Gasteiger partial charge in [0.1, 0.15) is 21.4 Å². The molecule has 0 saturated heterocycles. The highest BCUT2D eigenvalue weighted by molar-refractivity contribution is 7.99. The Bertz CT molecular complexity index is 1100. The second-order valence-corrected chi connectivity index (χ2v) is 11.2. The molecule has 16 heteroatoms. The Morgan fingerprint density at radius 3 is 1.50 bits per heavy atom. The van der Waals surface area contributed by atoms with E-state index < -0.39 is 63.5 Å². The van der Waals surface area contributed by atoms with Crippen molar-refractivity contribution in [2.75, 3.05) is 26.1 Å². The lowest BCUT2D eigenvalue weighted by atomic mass is 10.3. The van der Waals surface area contributed by atoms with Crippen LogP contribution in [0.25, 0.3) is 0 Å². The van der Waals surface area contributed by atoms with Gasteiger partial charge in [0, 0.05) is 14.4 Å². The molecule has 0 amide bonds. The summed E-state index contributed by atoms with van der Waals surface area (Å²) in [5.41, 5.74) is 0. The zero-order chi connectivity index (χ0) is 23.9. The fraction of sp³-hybridized carbons (Fsp3) is 0.250. The van der Waals surface area contributed by atoms with Gasteiger partial charge in [0.05, 0.1) is 0 Å². The number of thioether (sulfide) groups is 2. The molecule has 0 aliphatic rings. The Balaban J connectivity index is 1.91. The smallest absolute Gasteiger partial charge is 0.232 e. The first-order valence-electron chi connectivity index (χ1n) is 8.20. The van der Waals surface area contributed by atoms with E-state index in [0.717, 1.165) is 35.7 Å². The van der Waals surface area contributed by atoms with Crippen molar-refractivity contribution in [2.24, 2.45) is 0 Å². The third-order valence-electron chi connectivity index (χ3n) is 3.52. The molecule has 0 N–H and O–H groups in total. The van der Waals surface area contributed by atoms with E-state index in [1.807, 2.05) is 0 Å². The second kappa shape index (κ2) is 11.8. The number of halogens is 2. The zero-order valence-electron chi connectivity index (χ0n) is 16.4. The van der Waals surface area contributed by atoms with Gasteiger partial charge < -0.3 is 0 Å². The van der Waals surface area contributed by atoms with Gasteiger partial charge in [0.25, 0.3) is 0 Å². The Hall–Kier alpha value is -1.16. The average Bonchev–Trinajstić information content (AvgIpc) is 2.72. The lowest BCUT2D eigenvalue weighted by Gasteiger charge is -2.08. The van der Waals surface area contributed by atoms with Crippen molar-refractivity contribution in [3.63, 3.8) is 0 Å². The summed E-state index contributed by atoms with van der Waals surface area (Å²) in [6.07, 6.45) is 3.07. The molecule has 32 heavy (non-hydrogen) atoms. The van der Waals surface area contributed by atoms with Crippen LogP contribution >= 0.6 is 31.8 Å². The Kier molecular flexibility index (Phi) is 10.00. The number of rotatable bonds is 12. The molecule has 0 aromatic heterocycles. The van der Waals surface area contributed by atoms with Crippen LogP contribution in [0.15, 0.2) is 56.0 Å². The molecule has 0 heterocycles. The lowest BCUT2D eigenvalue weighted by molar-refractivity contribution is 0.0750. The molecule has 0 spiro atoms. The van der Waals surface area contributed by atoms with Gasteiger partial charge in [-0.05, 0) is 36.8 Å². The predicted octanol–water partition coefficient (Wildman–Crippen LogP) is 4.13. The standard InChI is InChI=1S/C16H16F2O9PS4/c1-29-13-7-3-5-11(17)15(13)31(20,21)26-9-24-28(19)25-10-27-32(22,23)16-12(18)6-4-8-14(16)30-2/h3-8H,9-10H2,1-2H3/q+1. The highest BCUT2D eigenvalue weighted by Crippen LogP contribution is 2.31. The second-order valence-electron chi connectivity index (χ2n) is 5.40. The van der Waals surface area contributed by atoms with Crippen LogP contribution in [-0.4, -0.2) is 42.9 Å². The first kappa shape index (κ1) is 27.1. The van der Waals surface area contributed by atoms with Crippen LogP contribution in [0, 0.1) is 11.6 Å². The van der Waals surface area contributed by atoms with Crippen LogP contribution in [0.4, 0.5) is 8.78 Å². The van der Waals surface area contributed by atoms with Crippen molar-refractivity contribution in [1.29, 1.82) is 0 Å². The predicted molar refractivity (Wildman–Crippen MR) is 112 cm³/mol. The topological polar surface area (TPSA) is 122 Å². The molecule has 2 aromatic rings. The highest BCUT2D eigenvalue weighted by atomic mass is 32.2. The molecule has 0 aliphatic carbocycles. The molecule has 0 saturated carbocycles. The molecule has 176 valence electrons. The molecular weight excluding hydrogens is 533 g/mol. The van der Waals surface area contributed by atoms with E-state index in [0.29, 0.717) is 0 Å². The van der Waals surface area contributed by atoms with Crippen LogP contribution in [0.1, 0.15) is 0 Å². The van der Waals surface area contributed by atoms with E-state index in [4.69, 9.17) is 0 Å². The van der Waals surface area contributed by atoms with E-state index in [9.17, 15) is 30.2 Å². The molecule has 0 radical (unpaired) electrons. The van der Waals surface area contributed by atoms with Gasteiger partial charge in [-0.3, -0.25) is 0 Å². The van der Waals surface area contributed by atoms with Crippen molar-refractivity contribution in [3.05, 3.63) is 48.0 Å². The summed E-state index contributed by atoms with van der Waals surface area (Å²) in [5.74, 6) is -2.09. The number of hydrogen-bond donors (Lipinski definition) is 0. The zero-order valence-corrected chi connectivity index (χ0v) is 20.5. The Morgan fingerprint density at radius 1 is 0.781 bits per heavy atom. The largest absolute Gasteiger partial charge is 0.702 e. The van der Waals surface area contributed by atoms with Crippen LogP contribution in [-0.2, 0) is 42.2 Å². The SMILES string of the molecule is CSc1cccc(F)c1S(=O)(=O)OCO[P+](=O)OCOS(=O)(=O)c1c(F)cccc1SC. The summed E-state index contributed by atoms with van der Waals surface area (Å²) >= 11 is 1.93. The Morgan fingerprint density at radius 2 is 1.16 bits per heavy atom. The lowest BCUT2D eigenvalue weighted by Crippen LogP contribution is -2.12. The van der Waals surface area contributed by atoms with Crippen LogP contribution in [0.5, 0.6) is 0 Å². The Labute approximate surface area is 193 Å². The molecular formula is C16H16F2O9PS4+. The third kappa shape index (κ3) is 6.92. The van der Waals surface area contributed by atoms with Crippen LogP contribution in [0.2, 0.25) is 0 Å². The highest BCUT2D eigenvalue weighted by Gasteiger charge is 2.30. The molecule has 0 unspecified atom stereocenters. The minimum atomic E-state index is -4.60. The molecule has 0 aliphatic heterocycles. The minimum absolute atomic E-state index is 0.0852. The monoisotopic (exact) mass is 549 g/mol. The van der Waals surface area contributed by atoms with E-state index in [1.165, 1.54) is 36.8 Å². The van der Waals surface area contributed by atoms with Gasteiger partial charge in [-0.1, -0.05) is 21.2 Å². The first-order chi connectivity index (χ1) is 15.0. The van der Waals surface area contributed by atoms with E-state index in [2.05, 4.69) is 17.4 Å². The summed E-state index contributed by atoms with van der Waals surface area (Å²) in [6, 6.07) is 7.22. The summed E-state index contributed by atoms with van der Waals surface area (Å²) < 4.78 is 106. The molecule has 9 nitrogen and oxygen atoms in total. The van der Waals surface area contributed by atoms with Gasteiger partial charge in [0.15, 0.2) is 0 Å². The minimum Gasteiger partial charge on any atom is -0.232 e. The van der Waals surface area contributed by atoms with Crippen molar-refractivity contribution in [1.82, 2.24) is 0 Å². The average molecular weight is 550 g/mol. The normalized spacial score (nSPS) is 12.1. The van der Waals surface area contributed by atoms with Gasteiger partial charge in [-0.15, -0.1) is 23.5 Å². The molecule has 2 rings (SSSR count). The van der Waals surface area contributed by atoms with E-state index in [-0.39, 0.29) is 9.79 Å². The quantitative estimate of drug-likeness (QED) is 0.164. The van der Waals surface area contributed by atoms with Crippen LogP contribution in [0.3, 0.4) is 0 Å². The van der Waals surface area contributed by atoms with E-state index >= 15 is 0 Å². The maximum absolute atomic E-state index is 13.9. The summed E-state index contributed by atoms with van der Waals surface area (Å²) in [6.45, 7) is -2.23. The van der Waals surface area contributed by atoms with Crippen molar-refractivity contribution in [3.8, 4) is 0 Å². The van der Waals surface area contributed by atoms with Crippen molar-refractivity contribution < 1.29 is 47.6 Å². The summed E-state index contributed by atoms with van der Waals surface area (Å²) in [5, 5.41) is 0. The molecule has 0 fully saturated rings. The third-order valence-corrected chi connectivity index (χ3v) is 8.62. The van der Waals surface area contributed by atoms with Gasteiger partial charge in [0.2, 0.25) is 13.6 Å². The summed E-state index contributed by atoms with van der Waals surface area (Å²) in [4.78, 5) is -1.25. The molecule has 2 aromatic carbocycles. The molecule has 0 atom stereocenters. The van der Waals surface area contributed by atoms with Crippen molar-refractivity contribution in [2.45, 2.75) is 19.6 Å². The number of benzene rings is 2. The van der Waals surface area contributed by atoms with Gasteiger partial charge in [-0.2, -0.15) is 16.8 Å². The van der Waals surface area contributed by atoms with Crippen molar-refractivity contribution >= 4 is 52.0 Å². The first-order valence-corrected chi connectivity index (χ1v) is 14.6. The van der Waals surface area contributed by atoms with Crippen LogP contribution < -0.4 is 0 Å². The fourth-order valence-corrected chi connectivity index (χ4v) is 6.63. The van der Waals surface area contributed by atoms with E-state index in [1.54, 1.807) is 0 Å². The summed E-state index contributed by atoms with van der Waals surface area (Å²) in [7, 11) is -12.3. The van der Waals surface area contributed by atoms with Gasteiger partial charge in [-0.25, -0.2) is 17.1 Å². The molecule has 0 bridgehead atoms. The fourth-order valence-electron chi connectivity index (χ4n) is 2.20. The maximum Gasteiger partial charge on any atom is 0.702 e. The number of hydrogen-bond acceptors (Lipinski definition) is 11. The van der Waals surface area contributed by atoms with Gasteiger partial charge >= 0.3 is 28.5 Å².